The quantitative estimate of drug-likeness (QED) is 0.397. The van der Waals surface area contributed by atoms with E-state index in [4.69, 9.17) is 21.9 Å². The zero-order chi connectivity index (χ0) is 23.9. The smallest absolute Gasteiger partial charge is 0.267 e. The van der Waals surface area contributed by atoms with Crippen molar-refractivity contribution in [2.75, 3.05) is 24.6 Å². The Bertz CT molecular complexity index is 1430. The van der Waals surface area contributed by atoms with Crippen molar-refractivity contribution in [1.82, 2.24) is 14.3 Å². The normalized spacial score (nSPS) is 21.4. The van der Waals surface area contributed by atoms with E-state index in [1.54, 1.807) is 23.2 Å². The number of thiocarbonyl (C=S) groups is 1. The number of carbonyl (C=O) groups is 1. The van der Waals surface area contributed by atoms with E-state index < -0.39 is 0 Å². The molecule has 35 heavy (non-hydrogen) atoms. The van der Waals surface area contributed by atoms with E-state index in [-0.39, 0.29) is 17.6 Å². The number of benzene rings is 1. The lowest BCUT2D eigenvalue weighted by Crippen LogP contribution is -2.35. The molecule has 1 aromatic carbocycles. The topological polar surface area (TPSA) is 67.2 Å². The van der Waals surface area contributed by atoms with Crippen LogP contribution < -0.4 is 10.5 Å². The van der Waals surface area contributed by atoms with E-state index in [2.05, 4.69) is 23.1 Å². The SMILES string of the molecule is O=C1/C(=C\c2c(N3CCc4ccccc4C3)nc3ccccn3c2=O)SC(=S)N1C[C@H]1CCCO1. The number of rotatable bonds is 4. The molecular weight excluding hydrogens is 480 g/mol. The van der Waals surface area contributed by atoms with Crippen LogP contribution in [0.25, 0.3) is 11.7 Å². The number of hydrogen-bond donors (Lipinski definition) is 0. The van der Waals surface area contributed by atoms with Crippen LogP contribution in [-0.4, -0.2) is 50.3 Å². The second kappa shape index (κ2) is 9.22. The molecule has 5 heterocycles. The molecule has 0 bridgehead atoms. The number of thioether (sulfide) groups is 1. The van der Waals surface area contributed by atoms with Crippen molar-refractivity contribution >= 4 is 51.7 Å². The molecule has 7 nitrogen and oxygen atoms in total. The van der Waals surface area contributed by atoms with Crippen molar-refractivity contribution in [2.45, 2.75) is 31.9 Å². The van der Waals surface area contributed by atoms with Gasteiger partial charge in [0.2, 0.25) is 0 Å². The van der Waals surface area contributed by atoms with Gasteiger partial charge >= 0.3 is 0 Å². The van der Waals surface area contributed by atoms with Gasteiger partial charge in [0.15, 0.2) is 0 Å². The first kappa shape index (κ1) is 22.5. The van der Waals surface area contributed by atoms with E-state index in [0.29, 0.717) is 39.3 Å². The largest absolute Gasteiger partial charge is 0.376 e. The molecule has 9 heteroatoms. The third-order valence-corrected chi connectivity index (χ3v) is 8.12. The van der Waals surface area contributed by atoms with Crippen LogP contribution in [0.2, 0.25) is 0 Å². The van der Waals surface area contributed by atoms with Gasteiger partial charge in [-0.2, -0.15) is 0 Å². The number of nitrogens with zero attached hydrogens (tertiary/aromatic N) is 4. The maximum Gasteiger partial charge on any atom is 0.267 e. The predicted octanol–water partition coefficient (Wildman–Crippen LogP) is 3.64. The number of hydrogen-bond acceptors (Lipinski definition) is 7. The Labute approximate surface area is 212 Å². The molecule has 3 aromatic rings. The summed E-state index contributed by atoms with van der Waals surface area (Å²) in [6.45, 7) is 2.57. The molecule has 0 radical (unpaired) electrons. The van der Waals surface area contributed by atoms with Gasteiger partial charge in [0.05, 0.1) is 23.1 Å². The number of ether oxygens (including phenoxy) is 1. The first-order valence-electron chi connectivity index (χ1n) is 11.8. The standard InChI is InChI=1S/C26H24N4O3S2/c31-24-20(14-21-25(32)30(26(34)35-21)16-19-8-5-13-33-19)23(27-22-9-3-4-11-29(22)24)28-12-10-17-6-1-2-7-18(17)15-28/h1-4,6-7,9,11,14,19H,5,8,10,12-13,15-16H2/b21-14+/t19-/m1/s1. The van der Waals surface area contributed by atoms with Crippen LogP contribution in [0.1, 0.15) is 29.5 Å². The van der Waals surface area contributed by atoms with Crippen molar-refractivity contribution in [3.63, 3.8) is 0 Å². The molecule has 2 fully saturated rings. The average Bonchev–Trinajstić information content (AvgIpc) is 3.49. The van der Waals surface area contributed by atoms with Gasteiger partial charge in [-0.15, -0.1) is 0 Å². The summed E-state index contributed by atoms with van der Waals surface area (Å²) >= 11 is 6.76. The summed E-state index contributed by atoms with van der Waals surface area (Å²) in [5.41, 5.74) is 3.33. The summed E-state index contributed by atoms with van der Waals surface area (Å²) in [5, 5.41) is 0. The molecule has 0 aliphatic carbocycles. The van der Waals surface area contributed by atoms with Gasteiger partial charge in [-0.25, -0.2) is 4.98 Å². The second-order valence-corrected chi connectivity index (χ2v) is 10.6. The number of aromatic nitrogens is 2. The first-order chi connectivity index (χ1) is 17.1. The van der Waals surface area contributed by atoms with Crippen LogP contribution in [0.4, 0.5) is 5.82 Å². The summed E-state index contributed by atoms with van der Waals surface area (Å²) in [4.78, 5) is 36.0. The van der Waals surface area contributed by atoms with E-state index in [1.165, 1.54) is 27.3 Å². The fourth-order valence-corrected chi connectivity index (χ4v) is 6.17. The molecule has 178 valence electrons. The highest BCUT2D eigenvalue weighted by atomic mass is 32.2. The van der Waals surface area contributed by atoms with E-state index >= 15 is 0 Å². The summed E-state index contributed by atoms with van der Waals surface area (Å²) in [5.74, 6) is 0.420. The van der Waals surface area contributed by atoms with Crippen LogP contribution in [0.15, 0.2) is 58.4 Å². The van der Waals surface area contributed by atoms with E-state index in [9.17, 15) is 9.59 Å². The third-order valence-electron chi connectivity index (χ3n) is 6.74. The Morgan fingerprint density at radius 3 is 2.80 bits per heavy atom. The Morgan fingerprint density at radius 1 is 1.14 bits per heavy atom. The van der Waals surface area contributed by atoms with Crippen molar-refractivity contribution in [3.05, 3.63) is 80.6 Å². The van der Waals surface area contributed by atoms with Crippen LogP contribution in [-0.2, 0) is 22.5 Å². The lowest BCUT2D eigenvalue weighted by molar-refractivity contribution is -0.123. The summed E-state index contributed by atoms with van der Waals surface area (Å²) < 4.78 is 7.73. The molecule has 1 atom stereocenters. The molecule has 1 amide bonds. The highest BCUT2D eigenvalue weighted by Crippen LogP contribution is 2.35. The summed E-state index contributed by atoms with van der Waals surface area (Å²) in [7, 11) is 0. The van der Waals surface area contributed by atoms with Gasteiger partial charge in [0, 0.05) is 25.9 Å². The zero-order valence-corrected chi connectivity index (χ0v) is 20.7. The van der Waals surface area contributed by atoms with Crippen LogP contribution >= 0.6 is 24.0 Å². The fraction of sp³-hybridized carbons (Fsp3) is 0.308. The van der Waals surface area contributed by atoms with Crippen LogP contribution in [0, 0.1) is 0 Å². The minimum atomic E-state index is -0.200. The molecule has 0 N–H and O–H groups in total. The minimum absolute atomic E-state index is 0.00814. The molecule has 0 saturated carbocycles. The molecule has 6 rings (SSSR count). The van der Waals surface area contributed by atoms with Gasteiger partial charge in [0.25, 0.3) is 11.5 Å². The Hall–Kier alpha value is -3.01. The van der Waals surface area contributed by atoms with Gasteiger partial charge in [-0.1, -0.05) is 54.3 Å². The minimum Gasteiger partial charge on any atom is -0.376 e. The van der Waals surface area contributed by atoms with E-state index in [0.717, 1.165) is 32.4 Å². The lowest BCUT2D eigenvalue weighted by atomic mass is 9.99. The highest BCUT2D eigenvalue weighted by molar-refractivity contribution is 8.26. The van der Waals surface area contributed by atoms with Crippen molar-refractivity contribution in [2.24, 2.45) is 0 Å². The third kappa shape index (κ3) is 4.17. The van der Waals surface area contributed by atoms with Gasteiger partial charge < -0.3 is 9.64 Å². The molecule has 3 aliphatic rings. The van der Waals surface area contributed by atoms with E-state index in [1.807, 2.05) is 18.2 Å². The lowest BCUT2D eigenvalue weighted by Gasteiger charge is -2.30. The van der Waals surface area contributed by atoms with Crippen LogP contribution in [0.5, 0.6) is 0 Å². The average molecular weight is 505 g/mol. The maximum atomic E-state index is 13.6. The molecule has 2 saturated heterocycles. The predicted molar refractivity (Wildman–Crippen MR) is 142 cm³/mol. The second-order valence-electron chi connectivity index (χ2n) is 8.95. The monoisotopic (exact) mass is 504 g/mol. The number of fused-ring (bicyclic) bond motifs is 2. The Kier molecular flexibility index (Phi) is 5.91. The summed E-state index contributed by atoms with van der Waals surface area (Å²) in [6, 6.07) is 13.9. The van der Waals surface area contributed by atoms with Gasteiger partial charge in [0.1, 0.15) is 15.8 Å². The van der Waals surface area contributed by atoms with Crippen molar-refractivity contribution in [3.8, 4) is 0 Å². The first-order valence-corrected chi connectivity index (χ1v) is 13.0. The zero-order valence-electron chi connectivity index (χ0n) is 19.1. The van der Waals surface area contributed by atoms with Crippen molar-refractivity contribution < 1.29 is 9.53 Å². The number of carbonyl (C=O) groups excluding carboxylic acids is 1. The Balaban J connectivity index is 1.41. The van der Waals surface area contributed by atoms with Crippen molar-refractivity contribution in [1.29, 1.82) is 0 Å². The molecular formula is C26H24N4O3S2. The molecule has 3 aliphatic heterocycles. The summed E-state index contributed by atoms with van der Waals surface area (Å²) in [6.07, 6.45) is 6.19. The molecule has 2 aromatic heterocycles. The van der Waals surface area contributed by atoms with Crippen LogP contribution in [0.3, 0.4) is 0 Å². The molecule has 0 unspecified atom stereocenters. The van der Waals surface area contributed by atoms with Gasteiger partial charge in [-0.3, -0.25) is 18.9 Å². The maximum absolute atomic E-state index is 13.6. The number of pyridine rings is 1. The highest BCUT2D eigenvalue weighted by Gasteiger charge is 2.35. The van der Waals surface area contributed by atoms with Gasteiger partial charge in [-0.05, 0) is 48.6 Å². The number of anilines is 1. The molecule has 0 spiro atoms. The number of amides is 1. The fourth-order valence-electron chi connectivity index (χ4n) is 4.92. The Morgan fingerprint density at radius 2 is 1.97 bits per heavy atom.